The first-order valence-corrected chi connectivity index (χ1v) is 6.40. The Morgan fingerprint density at radius 3 is 2.42 bits per heavy atom. The lowest BCUT2D eigenvalue weighted by molar-refractivity contribution is 0.506. The van der Waals surface area contributed by atoms with Crippen LogP contribution in [0.5, 0.6) is 0 Å². The fraction of sp³-hybridized carbons (Fsp3) is 0.200. The van der Waals surface area contributed by atoms with Crippen LogP contribution in [0.3, 0.4) is 0 Å². The van der Waals surface area contributed by atoms with E-state index in [0.29, 0.717) is 5.56 Å². The topological polar surface area (TPSA) is 26.0 Å². The smallest absolute Gasteiger partial charge is 0.160 e. The first kappa shape index (κ1) is 14.0. The fourth-order valence-electron chi connectivity index (χ4n) is 2.10. The summed E-state index contributed by atoms with van der Waals surface area (Å²) >= 11 is 5.96. The highest BCUT2D eigenvalue weighted by Crippen LogP contribution is 2.30. The first-order valence-electron chi connectivity index (χ1n) is 6.02. The number of aryl methyl sites for hydroxylation is 1. The molecule has 2 aromatic rings. The van der Waals surface area contributed by atoms with Gasteiger partial charge in [0.05, 0.1) is 6.04 Å². The zero-order valence-corrected chi connectivity index (χ0v) is 11.2. The number of rotatable bonds is 3. The second-order valence-corrected chi connectivity index (χ2v) is 4.73. The van der Waals surface area contributed by atoms with Gasteiger partial charge in [0.25, 0.3) is 0 Å². The largest absolute Gasteiger partial charge is 0.320 e. The van der Waals surface area contributed by atoms with Crippen molar-refractivity contribution >= 4 is 11.6 Å². The predicted molar refractivity (Wildman–Crippen MR) is 73.2 cm³/mol. The zero-order chi connectivity index (χ0) is 14.0. The van der Waals surface area contributed by atoms with E-state index in [9.17, 15) is 8.78 Å². The van der Waals surface area contributed by atoms with Crippen molar-refractivity contribution in [1.82, 2.24) is 0 Å². The molecule has 0 amide bonds. The van der Waals surface area contributed by atoms with Crippen LogP contribution < -0.4 is 5.73 Å². The van der Waals surface area contributed by atoms with Crippen molar-refractivity contribution in [2.24, 2.45) is 5.73 Å². The average molecular weight is 282 g/mol. The molecule has 0 aliphatic carbocycles. The summed E-state index contributed by atoms with van der Waals surface area (Å²) in [5.41, 5.74) is 8.47. The highest BCUT2D eigenvalue weighted by atomic mass is 35.5. The van der Waals surface area contributed by atoms with E-state index in [0.717, 1.165) is 29.7 Å². The van der Waals surface area contributed by atoms with E-state index < -0.39 is 17.7 Å². The van der Waals surface area contributed by atoms with Gasteiger partial charge in [-0.05, 0) is 35.2 Å². The van der Waals surface area contributed by atoms with Gasteiger partial charge in [0.15, 0.2) is 11.6 Å². The molecule has 2 N–H and O–H groups in total. The van der Waals surface area contributed by atoms with Crippen LogP contribution in [0, 0.1) is 11.6 Å². The van der Waals surface area contributed by atoms with Gasteiger partial charge >= 0.3 is 0 Å². The van der Waals surface area contributed by atoms with E-state index in [1.807, 2.05) is 31.2 Å². The summed E-state index contributed by atoms with van der Waals surface area (Å²) in [5, 5.41) is 0.136. The van der Waals surface area contributed by atoms with Crippen molar-refractivity contribution in [2.45, 2.75) is 19.4 Å². The normalized spacial score (nSPS) is 12.5. The molecule has 0 fully saturated rings. The second-order valence-electron chi connectivity index (χ2n) is 4.32. The predicted octanol–water partition coefficient (Wildman–Crippen LogP) is 4.23. The minimum atomic E-state index is -0.968. The molecule has 0 heterocycles. The monoisotopic (exact) mass is 281 g/mol. The van der Waals surface area contributed by atoms with Gasteiger partial charge in [0.2, 0.25) is 0 Å². The molecule has 2 rings (SSSR count). The van der Waals surface area contributed by atoms with Crippen LogP contribution in [-0.2, 0) is 6.42 Å². The molecule has 0 aliphatic rings. The Balaban J connectivity index is 2.50. The molecule has 0 saturated heterocycles. The van der Waals surface area contributed by atoms with Crippen LogP contribution in [0.4, 0.5) is 8.78 Å². The molecule has 1 atom stereocenters. The molecule has 4 heteroatoms. The minimum Gasteiger partial charge on any atom is -0.320 e. The maximum Gasteiger partial charge on any atom is 0.160 e. The van der Waals surface area contributed by atoms with Gasteiger partial charge in [-0.1, -0.05) is 42.8 Å². The molecular formula is C15H14ClF2N. The van der Waals surface area contributed by atoms with E-state index in [4.69, 9.17) is 17.3 Å². The summed E-state index contributed by atoms with van der Waals surface area (Å²) in [4.78, 5) is 0. The number of halogens is 3. The summed E-state index contributed by atoms with van der Waals surface area (Å²) in [6, 6.07) is 9.07. The van der Waals surface area contributed by atoms with Crippen LogP contribution in [0.15, 0.2) is 36.4 Å². The van der Waals surface area contributed by atoms with Crippen molar-refractivity contribution < 1.29 is 8.78 Å². The maximum absolute atomic E-state index is 13.3. The summed E-state index contributed by atoms with van der Waals surface area (Å²) in [7, 11) is 0. The van der Waals surface area contributed by atoms with Crippen LogP contribution in [0.25, 0.3) is 0 Å². The average Bonchev–Trinajstić information content (AvgIpc) is 2.42. The van der Waals surface area contributed by atoms with Crippen LogP contribution >= 0.6 is 11.6 Å². The Bertz CT molecular complexity index is 599. The summed E-state index contributed by atoms with van der Waals surface area (Å²) in [6.45, 7) is 2.01. The Morgan fingerprint density at radius 2 is 1.74 bits per heavy atom. The molecular weight excluding hydrogens is 268 g/mol. The Morgan fingerprint density at radius 1 is 1.11 bits per heavy atom. The molecule has 0 bridgehead atoms. The van der Waals surface area contributed by atoms with Crippen molar-refractivity contribution in [2.75, 3.05) is 0 Å². The van der Waals surface area contributed by atoms with E-state index in [1.165, 1.54) is 0 Å². The number of hydrogen-bond donors (Lipinski definition) is 1. The van der Waals surface area contributed by atoms with E-state index >= 15 is 0 Å². The number of nitrogens with two attached hydrogens (primary N) is 1. The van der Waals surface area contributed by atoms with Crippen molar-refractivity contribution in [3.8, 4) is 0 Å². The SMILES string of the molecule is CCc1ccccc1C(N)c1cc(F)c(F)cc1Cl. The second kappa shape index (κ2) is 5.68. The zero-order valence-electron chi connectivity index (χ0n) is 10.5. The number of benzene rings is 2. The van der Waals surface area contributed by atoms with Crippen LogP contribution in [0.1, 0.15) is 29.7 Å². The lowest BCUT2D eigenvalue weighted by Crippen LogP contribution is -2.15. The summed E-state index contributed by atoms with van der Waals surface area (Å²) in [5.74, 6) is -1.91. The summed E-state index contributed by atoms with van der Waals surface area (Å²) in [6.07, 6.45) is 0.811. The molecule has 19 heavy (non-hydrogen) atoms. The third-order valence-electron chi connectivity index (χ3n) is 3.15. The minimum absolute atomic E-state index is 0.136. The molecule has 0 aromatic heterocycles. The van der Waals surface area contributed by atoms with Gasteiger partial charge < -0.3 is 5.73 Å². The van der Waals surface area contributed by atoms with Crippen molar-refractivity contribution in [3.05, 3.63) is 69.7 Å². The molecule has 0 aliphatic heterocycles. The van der Waals surface area contributed by atoms with Gasteiger partial charge in [0, 0.05) is 5.02 Å². The summed E-state index contributed by atoms with van der Waals surface area (Å²) < 4.78 is 26.4. The molecule has 1 nitrogen and oxygen atoms in total. The highest BCUT2D eigenvalue weighted by Gasteiger charge is 2.17. The standard InChI is InChI=1S/C15H14ClF2N/c1-2-9-5-3-4-6-10(9)15(19)11-7-13(17)14(18)8-12(11)16/h3-8,15H,2,19H2,1H3. The molecule has 0 saturated carbocycles. The molecule has 100 valence electrons. The van der Waals surface area contributed by atoms with Gasteiger partial charge in [-0.3, -0.25) is 0 Å². The third kappa shape index (κ3) is 2.77. The van der Waals surface area contributed by atoms with Gasteiger partial charge in [-0.2, -0.15) is 0 Å². The molecule has 1 unspecified atom stereocenters. The van der Waals surface area contributed by atoms with E-state index in [2.05, 4.69) is 0 Å². The van der Waals surface area contributed by atoms with Gasteiger partial charge in [0.1, 0.15) is 0 Å². The lowest BCUT2D eigenvalue weighted by atomic mass is 9.94. The Kier molecular flexibility index (Phi) is 4.17. The van der Waals surface area contributed by atoms with Gasteiger partial charge in [-0.15, -0.1) is 0 Å². The Hall–Kier alpha value is -1.45. The Labute approximate surface area is 116 Å². The molecule has 2 aromatic carbocycles. The molecule has 0 spiro atoms. The van der Waals surface area contributed by atoms with E-state index in [1.54, 1.807) is 0 Å². The van der Waals surface area contributed by atoms with Crippen LogP contribution in [0.2, 0.25) is 5.02 Å². The van der Waals surface area contributed by atoms with Crippen molar-refractivity contribution in [3.63, 3.8) is 0 Å². The highest BCUT2D eigenvalue weighted by molar-refractivity contribution is 6.31. The molecule has 0 radical (unpaired) electrons. The number of hydrogen-bond acceptors (Lipinski definition) is 1. The van der Waals surface area contributed by atoms with Crippen molar-refractivity contribution in [1.29, 1.82) is 0 Å². The third-order valence-corrected chi connectivity index (χ3v) is 3.47. The van der Waals surface area contributed by atoms with Gasteiger partial charge in [-0.25, -0.2) is 8.78 Å². The quantitative estimate of drug-likeness (QED) is 0.837. The fourth-order valence-corrected chi connectivity index (χ4v) is 2.37. The van der Waals surface area contributed by atoms with E-state index in [-0.39, 0.29) is 5.02 Å². The first-order chi connectivity index (χ1) is 9.04. The van der Waals surface area contributed by atoms with Crippen LogP contribution in [-0.4, -0.2) is 0 Å². The lowest BCUT2D eigenvalue weighted by Gasteiger charge is -2.17. The maximum atomic E-state index is 13.3.